The maximum Gasteiger partial charge on any atom is 0.333 e. The monoisotopic (exact) mass is 1210 g/mol. The lowest BCUT2D eigenvalue weighted by Gasteiger charge is -2.27. The van der Waals surface area contributed by atoms with Crippen LogP contribution < -0.4 is 0 Å². The Morgan fingerprint density at radius 1 is 0.463 bits per heavy atom. The van der Waals surface area contributed by atoms with Crippen molar-refractivity contribution in [3.8, 4) is 19.5 Å². The topological polar surface area (TPSA) is 171 Å². The highest BCUT2D eigenvalue weighted by atomic mass is 32.2. The van der Waals surface area contributed by atoms with E-state index in [-0.39, 0.29) is 70.6 Å². The molecule has 6 heterocycles. The van der Waals surface area contributed by atoms with Gasteiger partial charge in [0.25, 0.3) is 11.8 Å². The molecule has 2 saturated heterocycles. The number of aliphatic imine (C=N–C) groups is 2. The SMILES string of the molecule is CCN1C(=O)/C(=N/c2cc3c(s2)-c2sc4c5c(sc4c2C3(C(=O)OCc2ccccc2)C(=O)OCc2ccccc2)-c2sc(/N=C3\SC(=S)N(CC)C3=O)cc2C5(C(=O)OCc2ccccc2)C(=O)OCc2ccccc2)SC1=S. The van der Waals surface area contributed by atoms with E-state index in [0.717, 1.165) is 46.2 Å². The Hall–Kier alpha value is -7.02. The number of hydrogen-bond acceptors (Lipinski definition) is 20. The smallest absolute Gasteiger partial charge is 0.333 e. The summed E-state index contributed by atoms with van der Waals surface area (Å²) >= 11 is 17.9. The Labute approximate surface area is 492 Å². The highest BCUT2D eigenvalue weighted by molar-refractivity contribution is 8.35. The number of esters is 4. The Bertz CT molecular complexity index is 3600. The third-order valence-electron chi connectivity index (χ3n) is 13.7. The molecule has 2 aliphatic heterocycles. The van der Waals surface area contributed by atoms with Gasteiger partial charge in [0.1, 0.15) is 45.1 Å². The summed E-state index contributed by atoms with van der Waals surface area (Å²) in [5.74, 6) is -4.54. The summed E-state index contributed by atoms with van der Waals surface area (Å²) in [7, 11) is 0. The molecule has 12 rings (SSSR count). The van der Waals surface area contributed by atoms with Crippen LogP contribution in [-0.2, 0) is 85.0 Å². The Morgan fingerprint density at radius 3 is 1.04 bits per heavy atom. The molecule has 4 aliphatic rings. The van der Waals surface area contributed by atoms with Gasteiger partial charge in [-0.2, -0.15) is 0 Å². The molecular weight excluding hydrogens is 1170 g/mol. The molecule has 0 atom stereocenters. The molecule has 0 N–H and O–H groups in total. The minimum atomic E-state index is -2.33. The fourth-order valence-electron chi connectivity index (χ4n) is 9.95. The van der Waals surface area contributed by atoms with E-state index in [0.29, 0.717) is 82.9 Å². The Balaban J connectivity index is 1.10. The molecule has 2 fully saturated rings. The molecule has 0 bridgehead atoms. The number of amides is 2. The quantitative estimate of drug-likeness (QED) is 0.0387. The van der Waals surface area contributed by atoms with Crippen LogP contribution in [-0.4, -0.2) is 77.3 Å². The van der Waals surface area contributed by atoms with Crippen molar-refractivity contribution in [3.63, 3.8) is 0 Å². The van der Waals surface area contributed by atoms with Crippen LogP contribution in [0.1, 0.15) is 58.4 Å². The van der Waals surface area contributed by atoms with Crippen LogP contribution in [0, 0.1) is 0 Å². The van der Waals surface area contributed by atoms with Gasteiger partial charge in [0.15, 0.2) is 10.1 Å². The number of benzene rings is 4. The van der Waals surface area contributed by atoms with Gasteiger partial charge in [-0.05, 0) is 71.8 Å². The van der Waals surface area contributed by atoms with Gasteiger partial charge in [0.2, 0.25) is 10.8 Å². The number of ether oxygens (including phenoxy) is 4. The number of thiophene rings is 4. The highest BCUT2D eigenvalue weighted by Crippen LogP contribution is 2.68. The fraction of sp³-hybridized carbons (Fsp3) is 0.172. The van der Waals surface area contributed by atoms with E-state index in [1.54, 1.807) is 60.7 Å². The summed E-state index contributed by atoms with van der Waals surface area (Å²) in [6, 6.07) is 39.4. The van der Waals surface area contributed by atoms with Crippen LogP contribution in [0.2, 0.25) is 0 Å². The first-order valence-corrected chi connectivity index (χ1v) is 30.6. The molecule has 0 spiro atoms. The maximum atomic E-state index is 15.8. The number of thioether (sulfide) groups is 2. The van der Waals surface area contributed by atoms with Crippen LogP contribution in [0.15, 0.2) is 143 Å². The minimum Gasteiger partial charge on any atom is -0.459 e. The van der Waals surface area contributed by atoms with Crippen molar-refractivity contribution in [1.29, 1.82) is 0 Å². The van der Waals surface area contributed by atoms with Gasteiger partial charge in [-0.3, -0.25) is 38.6 Å². The number of hydrogen-bond donors (Lipinski definition) is 0. The van der Waals surface area contributed by atoms with E-state index in [4.69, 9.17) is 53.4 Å². The zero-order valence-corrected chi connectivity index (χ0v) is 48.6. The second-order valence-corrected chi connectivity index (χ2v) is 25.7. The van der Waals surface area contributed by atoms with Gasteiger partial charge in [-0.15, -0.1) is 45.3 Å². The summed E-state index contributed by atoms with van der Waals surface area (Å²) < 4.78 is 26.6. The van der Waals surface area contributed by atoms with Crippen molar-refractivity contribution in [1.82, 2.24) is 9.80 Å². The van der Waals surface area contributed by atoms with Crippen LogP contribution in [0.4, 0.5) is 10.0 Å². The number of carbonyl (C=O) groups is 6. The first kappa shape index (κ1) is 53.6. The number of rotatable bonds is 16. The minimum absolute atomic E-state index is 0.121. The Morgan fingerprint density at radius 2 is 0.762 bits per heavy atom. The van der Waals surface area contributed by atoms with Gasteiger partial charge >= 0.3 is 23.9 Å². The van der Waals surface area contributed by atoms with E-state index in [1.165, 1.54) is 32.5 Å². The first-order valence-electron chi connectivity index (χ1n) is 24.9. The first-order chi connectivity index (χ1) is 38.9. The van der Waals surface area contributed by atoms with E-state index < -0.39 is 34.7 Å². The molecule has 0 saturated carbocycles. The van der Waals surface area contributed by atoms with Crippen LogP contribution >= 0.6 is 93.3 Å². The Kier molecular flexibility index (Phi) is 14.6. The maximum absolute atomic E-state index is 15.8. The van der Waals surface area contributed by atoms with Gasteiger partial charge in [-0.1, -0.05) is 146 Å². The summed E-state index contributed by atoms with van der Waals surface area (Å²) in [6.45, 7) is 3.44. The number of fused-ring (bicyclic) bond motifs is 9. The van der Waals surface area contributed by atoms with E-state index >= 15 is 19.2 Å². The van der Waals surface area contributed by atoms with Crippen LogP contribution in [0.5, 0.6) is 0 Å². The largest absolute Gasteiger partial charge is 0.459 e. The predicted molar refractivity (Wildman–Crippen MR) is 322 cm³/mol. The highest BCUT2D eigenvalue weighted by Gasteiger charge is 2.65. The predicted octanol–water partition coefficient (Wildman–Crippen LogP) is 12.4. The number of thiocarbonyl (C=S) groups is 2. The summed E-state index contributed by atoms with van der Waals surface area (Å²) in [5, 5.41) is 0.847. The third-order valence-corrected chi connectivity index (χ3v) is 21.3. The van der Waals surface area contributed by atoms with Crippen LogP contribution in [0.25, 0.3) is 28.9 Å². The summed E-state index contributed by atoms with van der Waals surface area (Å²) in [5.41, 5.74) is -1.12. The molecule has 400 valence electrons. The average molecular weight is 1210 g/mol. The molecule has 2 aliphatic carbocycles. The molecule has 8 aromatic rings. The van der Waals surface area contributed by atoms with Gasteiger partial charge in [0, 0.05) is 35.3 Å². The molecule has 14 nitrogen and oxygen atoms in total. The van der Waals surface area contributed by atoms with Gasteiger partial charge < -0.3 is 18.9 Å². The van der Waals surface area contributed by atoms with Crippen molar-refractivity contribution in [2.45, 2.75) is 51.1 Å². The molecule has 80 heavy (non-hydrogen) atoms. The number of carbonyl (C=O) groups excluding carboxylic acids is 6. The summed E-state index contributed by atoms with van der Waals surface area (Å²) in [6.07, 6.45) is 0. The van der Waals surface area contributed by atoms with Gasteiger partial charge in [-0.25, -0.2) is 9.98 Å². The lowest BCUT2D eigenvalue weighted by atomic mass is 9.77. The van der Waals surface area contributed by atoms with Crippen molar-refractivity contribution in [3.05, 3.63) is 178 Å². The number of nitrogens with zero attached hydrogens (tertiary/aromatic N) is 4. The normalized spacial score (nSPS) is 16.6. The second kappa shape index (κ2) is 21.8. The molecule has 4 aromatic heterocycles. The third kappa shape index (κ3) is 8.96. The molecule has 2 amide bonds. The molecule has 0 unspecified atom stereocenters. The molecule has 22 heteroatoms. The molecule has 0 radical (unpaired) electrons. The molecule has 4 aromatic carbocycles. The van der Waals surface area contributed by atoms with E-state index in [9.17, 15) is 9.59 Å². The average Bonchev–Trinajstić information content (AvgIpc) is 3.17. The van der Waals surface area contributed by atoms with Crippen molar-refractivity contribution >= 4 is 167 Å². The fourth-order valence-corrected chi connectivity index (χ4v) is 18.2. The zero-order chi connectivity index (χ0) is 55.5. The van der Waals surface area contributed by atoms with Crippen molar-refractivity contribution in [2.75, 3.05) is 13.1 Å². The van der Waals surface area contributed by atoms with E-state index in [2.05, 4.69) is 0 Å². The van der Waals surface area contributed by atoms with Crippen molar-refractivity contribution in [2.24, 2.45) is 9.98 Å². The standard InChI is InChI=1S/C58H40N4O10S8/c1-3-61-49(63)47(79-55(61)73)59-37-25-35-41(75-37)43-39(57(35,51(65)69-27-31-17-9-5-10-18-31)52(66)70-28-32-19-11-6-12-20-32)45-46(77-43)40-44(78-45)42-36(26-38(76-42)60-48-50(64)62(4-2)56(74)80-48)58(40,53(67)71-29-33-21-13-7-14-22-33)54(68)72-30-34-23-15-8-16-24-34/h5-26H,3-4,27-30H2,1-2H3/b59-47-,60-48-. The lowest BCUT2D eigenvalue weighted by molar-refractivity contribution is -0.166. The van der Waals surface area contributed by atoms with Gasteiger partial charge in [0.05, 0.1) is 28.9 Å². The summed E-state index contributed by atoms with van der Waals surface area (Å²) in [4.78, 5) is 105. The zero-order valence-electron chi connectivity index (χ0n) is 42.1. The van der Waals surface area contributed by atoms with Crippen LogP contribution in [0.3, 0.4) is 0 Å². The van der Waals surface area contributed by atoms with Crippen molar-refractivity contribution < 1.29 is 47.7 Å². The second-order valence-electron chi connectivity index (χ2n) is 18.3. The molecular formula is C58H40N4O10S8. The lowest BCUT2D eigenvalue weighted by Crippen LogP contribution is -2.46. The van der Waals surface area contributed by atoms with E-state index in [1.807, 2.05) is 86.6 Å².